The smallest absolute Gasteiger partial charge is 0.190 e. The Morgan fingerprint density at radius 1 is 1.31 bits per heavy atom. The second kappa shape index (κ2) is 14.1. The van der Waals surface area contributed by atoms with Crippen LogP contribution in [0.25, 0.3) is 0 Å². The lowest BCUT2D eigenvalue weighted by Gasteiger charge is -2.13. The first kappa shape index (κ1) is 23.0. The standard InChI is InChI=1S/C19H31N3O3.HI/c1-20-19(21-9-4-11-24-14-17-8-12-25-15-17)22-10-7-16-5-3-6-18(13-16)23-2;/h3,5-6,13,17H,4,7-12,14-15H2,1-2H3,(H2,20,21,22);1H. The highest BCUT2D eigenvalue weighted by molar-refractivity contribution is 14.0. The Morgan fingerprint density at radius 3 is 2.88 bits per heavy atom. The van der Waals surface area contributed by atoms with Gasteiger partial charge in [-0.3, -0.25) is 4.99 Å². The van der Waals surface area contributed by atoms with Crippen molar-refractivity contribution in [3.63, 3.8) is 0 Å². The molecule has 1 heterocycles. The lowest BCUT2D eigenvalue weighted by Crippen LogP contribution is -2.39. The molecule has 7 heteroatoms. The van der Waals surface area contributed by atoms with Gasteiger partial charge in [0.1, 0.15) is 5.75 Å². The average molecular weight is 477 g/mol. The van der Waals surface area contributed by atoms with Crippen molar-refractivity contribution < 1.29 is 14.2 Å². The molecule has 1 fully saturated rings. The quantitative estimate of drug-likeness (QED) is 0.235. The van der Waals surface area contributed by atoms with E-state index in [1.165, 1.54) is 5.56 Å². The summed E-state index contributed by atoms with van der Waals surface area (Å²) < 4.78 is 16.3. The van der Waals surface area contributed by atoms with Crippen LogP contribution in [-0.2, 0) is 15.9 Å². The van der Waals surface area contributed by atoms with Crippen LogP contribution < -0.4 is 15.4 Å². The Balaban J connectivity index is 0.00000338. The van der Waals surface area contributed by atoms with Gasteiger partial charge in [0.15, 0.2) is 5.96 Å². The van der Waals surface area contributed by atoms with Crippen molar-refractivity contribution in [1.29, 1.82) is 0 Å². The number of halogens is 1. The Bertz CT molecular complexity index is 523. The summed E-state index contributed by atoms with van der Waals surface area (Å²) in [5.74, 6) is 2.30. The van der Waals surface area contributed by atoms with E-state index in [1.54, 1.807) is 14.2 Å². The largest absolute Gasteiger partial charge is 0.497 e. The van der Waals surface area contributed by atoms with E-state index in [9.17, 15) is 0 Å². The number of benzene rings is 1. The van der Waals surface area contributed by atoms with Gasteiger partial charge in [0.05, 0.1) is 20.3 Å². The van der Waals surface area contributed by atoms with Crippen LogP contribution in [0, 0.1) is 5.92 Å². The fourth-order valence-electron chi connectivity index (χ4n) is 2.72. The Labute approximate surface area is 174 Å². The number of guanidine groups is 1. The maximum Gasteiger partial charge on any atom is 0.190 e. The molecule has 26 heavy (non-hydrogen) atoms. The molecule has 0 aromatic heterocycles. The number of methoxy groups -OCH3 is 1. The molecule has 1 aliphatic heterocycles. The zero-order valence-electron chi connectivity index (χ0n) is 15.8. The van der Waals surface area contributed by atoms with Crippen molar-refractivity contribution in [2.24, 2.45) is 10.9 Å². The van der Waals surface area contributed by atoms with E-state index >= 15 is 0 Å². The Hall–Kier alpha value is -1.06. The SMILES string of the molecule is CN=C(NCCCOCC1CCOC1)NCCc1cccc(OC)c1.I. The number of ether oxygens (including phenoxy) is 3. The molecule has 1 aliphatic rings. The highest BCUT2D eigenvalue weighted by Gasteiger charge is 2.15. The zero-order chi connectivity index (χ0) is 17.7. The van der Waals surface area contributed by atoms with Crippen LogP contribution in [0.1, 0.15) is 18.4 Å². The van der Waals surface area contributed by atoms with Crippen LogP contribution in [0.15, 0.2) is 29.3 Å². The van der Waals surface area contributed by atoms with Crippen LogP contribution >= 0.6 is 24.0 Å². The van der Waals surface area contributed by atoms with E-state index < -0.39 is 0 Å². The van der Waals surface area contributed by atoms with E-state index in [0.717, 1.165) is 70.5 Å². The predicted molar refractivity (Wildman–Crippen MR) is 116 cm³/mol. The van der Waals surface area contributed by atoms with Gasteiger partial charge in [-0.2, -0.15) is 0 Å². The first-order chi connectivity index (χ1) is 12.3. The van der Waals surface area contributed by atoms with E-state index in [4.69, 9.17) is 14.2 Å². The summed E-state index contributed by atoms with van der Waals surface area (Å²) in [6, 6.07) is 8.13. The number of aliphatic imine (C=N–C) groups is 1. The van der Waals surface area contributed by atoms with Crippen molar-refractivity contribution in [1.82, 2.24) is 10.6 Å². The Kier molecular flexibility index (Phi) is 12.4. The van der Waals surface area contributed by atoms with Gasteiger partial charge in [-0.1, -0.05) is 12.1 Å². The molecular formula is C19H32IN3O3. The second-order valence-corrected chi connectivity index (χ2v) is 6.19. The molecule has 0 radical (unpaired) electrons. The van der Waals surface area contributed by atoms with Gasteiger partial charge in [0.25, 0.3) is 0 Å². The molecule has 1 saturated heterocycles. The molecule has 1 aromatic rings. The molecule has 0 saturated carbocycles. The fraction of sp³-hybridized carbons (Fsp3) is 0.632. The number of nitrogens with zero attached hydrogens (tertiary/aromatic N) is 1. The van der Waals surface area contributed by atoms with Crippen LogP contribution in [0.3, 0.4) is 0 Å². The Morgan fingerprint density at radius 2 is 2.15 bits per heavy atom. The molecular weight excluding hydrogens is 445 g/mol. The molecule has 148 valence electrons. The lowest BCUT2D eigenvalue weighted by molar-refractivity contribution is 0.0888. The normalized spacial score (nSPS) is 16.8. The molecule has 1 unspecified atom stereocenters. The summed E-state index contributed by atoms with van der Waals surface area (Å²) in [6.07, 6.45) is 3.01. The van der Waals surface area contributed by atoms with E-state index in [0.29, 0.717) is 5.92 Å². The zero-order valence-corrected chi connectivity index (χ0v) is 18.2. The van der Waals surface area contributed by atoms with Gasteiger partial charge in [-0.25, -0.2) is 0 Å². The average Bonchev–Trinajstić information content (AvgIpc) is 3.16. The number of rotatable bonds is 10. The molecule has 0 spiro atoms. The predicted octanol–water partition coefficient (Wildman–Crippen LogP) is 2.46. The van der Waals surface area contributed by atoms with E-state index in [1.807, 2.05) is 12.1 Å². The van der Waals surface area contributed by atoms with Gasteiger partial charge in [0.2, 0.25) is 0 Å². The molecule has 6 nitrogen and oxygen atoms in total. The van der Waals surface area contributed by atoms with Gasteiger partial charge >= 0.3 is 0 Å². The maximum atomic E-state index is 5.70. The summed E-state index contributed by atoms with van der Waals surface area (Å²) in [5.41, 5.74) is 1.24. The molecule has 0 bridgehead atoms. The van der Waals surface area contributed by atoms with Gasteiger partial charge < -0.3 is 24.8 Å². The van der Waals surface area contributed by atoms with Crippen LogP contribution in [-0.4, -0.2) is 59.6 Å². The summed E-state index contributed by atoms with van der Waals surface area (Å²) in [6.45, 7) is 4.98. The second-order valence-electron chi connectivity index (χ2n) is 6.19. The minimum atomic E-state index is 0. The first-order valence-corrected chi connectivity index (χ1v) is 9.04. The minimum absolute atomic E-state index is 0. The fourth-order valence-corrected chi connectivity index (χ4v) is 2.72. The van der Waals surface area contributed by atoms with Crippen molar-refractivity contribution in [2.75, 3.05) is 53.7 Å². The van der Waals surface area contributed by atoms with Gasteiger partial charge in [-0.05, 0) is 37.0 Å². The van der Waals surface area contributed by atoms with Crippen LogP contribution in [0.4, 0.5) is 0 Å². The highest BCUT2D eigenvalue weighted by Crippen LogP contribution is 2.13. The van der Waals surface area contributed by atoms with Gasteiger partial charge in [0, 0.05) is 39.3 Å². The monoisotopic (exact) mass is 477 g/mol. The summed E-state index contributed by atoms with van der Waals surface area (Å²) in [4.78, 5) is 4.25. The number of nitrogens with one attached hydrogen (secondary N) is 2. The number of hydrogen-bond acceptors (Lipinski definition) is 4. The third-order valence-electron chi connectivity index (χ3n) is 4.20. The molecule has 0 aliphatic carbocycles. The number of hydrogen-bond donors (Lipinski definition) is 2. The van der Waals surface area contributed by atoms with E-state index in [2.05, 4.69) is 27.8 Å². The topological polar surface area (TPSA) is 64.1 Å². The van der Waals surface area contributed by atoms with Crippen molar-refractivity contribution in [3.8, 4) is 5.75 Å². The third-order valence-corrected chi connectivity index (χ3v) is 4.20. The van der Waals surface area contributed by atoms with Crippen molar-refractivity contribution in [2.45, 2.75) is 19.3 Å². The van der Waals surface area contributed by atoms with Crippen molar-refractivity contribution in [3.05, 3.63) is 29.8 Å². The minimum Gasteiger partial charge on any atom is -0.497 e. The van der Waals surface area contributed by atoms with Crippen LogP contribution in [0.5, 0.6) is 5.75 Å². The van der Waals surface area contributed by atoms with Crippen molar-refractivity contribution >= 4 is 29.9 Å². The summed E-state index contributed by atoms with van der Waals surface area (Å²) in [7, 11) is 3.48. The molecule has 2 rings (SSSR count). The molecule has 1 aromatic carbocycles. The van der Waals surface area contributed by atoms with E-state index in [-0.39, 0.29) is 24.0 Å². The molecule has 0 amide bonds. The lowest BCUT2D eigenvalue weighted by atomic mass is 10.1. The highest BCUT2D eigenvalue weighted by atomic mass is 127. The summed E-state index contributed by atoms with van der Waals surface area (Å²) >= 11 is 0. The summed E-state index contributed by atoms with van der Waals surface area (Å²) in [5, 5.41) is 6.65. The van der Waals surface area contributed by atoms with Gasteiger partial charge in [-0.15, -0.1) is 24.0 Å². The third kappa shape index (κ3) is 9.05. The molecule has 2 N–H and O–H groups in total. The molecule has 1 atom stereocenters. The van der Waals surface area contributed by atoms with Crippen LogP contribution in [0.2, 0.25) is 0 Å². The first-order valence-electron chi connectivity index (χ1n) is 9.04. The maximum absolute atomic E-state index is 5.70.